The summed E-state index contributed by atoms with van der Waals surface area (Å²) in [6.07, 6.45) is 10.5. The van der Waals surface area contributed by atoms with Gasteiger partial charge in [-0.15, -0.1) is 0 Å². The maximum absolute atomic E-state index is 12.8. The van der Waals surface area contributed by atoms with Crippen molar-refractivity contribution >= 4 is 11.9 Å². The first-order valence-corrected chi connectivity index (χ1v) is 10.3. The Labute approximate surface area is 152 Å². The van der Waals surface area contributed by atoms with Crippen molar-refractivity contribution in [2.75, 3.05) is 39.3 Å². The standard InChI is InChI=1S/C20H34N2O3/c1-2-25-19(24)14-21-12-10-20(15-21)9-6-11-22(16-20)18(23)13-17-7-4-3-5-8-17/h17H,2-16H2,1H3. The van der Waals surface area contributed by atoms with E-state index >= 15 is 0 Å². The van der Waals surface area contributed by atoms with Gasteiger partial charge in [-0.3, -0.25) is 14.5 Å². The Bertz CT molecular complexity index is 476. The van der Waals surface area contributed by atoms with E-state index in [1.54, 1.807) is 0 Å². The summed E-state index contributed by atoms with van der Waals surface area (Å²) in [6.45, 7) is 6.37. The molecule has 0 aromatic heterocycles. The van der Waals surface area contributed by atoms with Crippen LogP contribution in [0.1, 0.15) is 64.7 Å². The summed E-state index contributed by atoms with van der Waals surface area (Å²) in [4.78, 5) is 28.9. The van der Waals surface area contributed by atoms with E-state index in [1.165, 1.54) is 38.5 Å². The molecule has 25 heavy (non-hydrogen) atoms. The number of nitrogens with zero attached hydrogens (tertiary/aromatic N) is 2. The van der Waals surface area contributed by atoms with Crippen molar-refractivity contribution < 1.29 is 14.3 Å². The van der Waals surface area contributed by atoms with Crippen molar-refractivity contribution in [3.05, 3.63) is 0 Å². The lowest BCUT2D eigenvalue weighted by Gasteiger charge is -2.41. The molecule has 1 aliphatic carbocycles. The van der Waals surface area contributed by atoms with Crippen LogP contribution in [0.3, 0.4) is 0 Å². The van der Waals surface area contributed by atoms with Crippen molar-refractivity contribution in [1.82, 2.24) is 9.80 Å². The van der Waals surface area contributed by atoms with Gasteiger partial charge in [-0.05, 0) is 51.5 Å². The van der Waals surface area contributed by atoms with Gasteiger partial charge < -0.3 is 9.64 Å². The Morgan fingerprint density at radius 2 is 1.84 bits per heavy atom. The third-order valence-electron chi connectivity index (χ3n) is 6.38. The van der Waals surface area contributed by atoms with Crippen molar-refractivity contribution in [2.45, 2.75) is 64.7 Å². The highest BCUT2D eigenvalue weighted by Gasteiger charge is 2.42. The molecule has 1 unspecified atom stereocenters. The van der Waals surface area contributed by atoms with Crippen LogP contribution in [0, 0.1) is 11.3 Å². The molecule has 3 rings (SSSR count). The number of carbonyl (C=O) groups is 2. The van der Waals surface area contributed by atoms with Gasteiger partial charge in [-0.1, -0.05) is 19.3 Å². The number of piperidine rings is 1. The van der Waals surface area contributed by atoms with Crippen LogP contribution in [0.2, 0.25) is 0 Å². The fraction of sp³-hybridized carbons (Fsp3) is 0.900. The molecule has 5 heteroatoms. The number of likely N-dealkylation sites (tertiary alicyclic amines) is 2. The Kier molecular flexibility index (Phi) is 6.37. The highest BCUT2D eigenvalue weighted by molar-refractivity contribution is 5.76. The summed E-state index contributed by atoms with van der Waals surface area (Å²) >= 11 is 0. The van der Waals surface area contributed by atoms with Gasteiger partial charge in [0.1, 0.15) is 0 Å². The maximum atomic E-state index is 12.8. The average molecular weight is 351 g/mol. The molecule has 1 saturated carbocycles. The van der Waals surface area contributed by atoms with Crippen LogP contribution in [-0.4, -0.2) is 61.0 Å². The first-order chi connectivity index (χ1) is 12.1. The van der Waals surface area contributed by atoms with E-state index < -0.39 is 0 Å². The molecule has 0 aromatic rings. The number of carbonyl (C=O) groups excluding carboxylic acids is 2. The lowest BCUT2D eigenvalue weighted by Crippen LogP contribution is -2.48. The van der Waals surface area contributed by atoms with Gasteiger partial charge in [0.15, 0.2) is 0 Å². The third kappa shape index (κ3) is 4.96. The van der Waals surface area contributed by atoms with Gasteiger partial charge in [-0.2, -0.15) is 0 Å². The molecule has 0 bridgehead atoms. The number of hydrogen-bond donors (Lipinski definition) is 0. The predicted octanol–water partition coefficient (Wildman–Crippen LogP) is 2.83. The van der Waals surface area contributed by atoms with Crippen LogP contribution in [0.4, 0.5) is 0 Å². The average Bonchev–Trinajstić information content (AvgIpc) is 2.97. The van der Waals surface area contributed by atoms with Crippen molar-refractivity contribution in [3.63, 3.8) is 0 Å². The van der Waals surface area contributed by atoms with Gasteiger partial charge in [0.05, 0.1) is 13.2 Å². The van der Waals surface area contributed by atoms with Crippen LogP contribution in [0.15, 0.2) is 0 Å². The first kappa shape index (κ1) is 18.7. The Balaban J connectivity index is 1.50. The Hall–Kier alpha value is -1.10. The zero-order chi connectivity index (χ0) is 17.7. The summed E-state index contributed by atoms with van der Waals surface area (Å²) in [7, 11) is 0. The third-order valence-corrected chi connectivity index (χ3v) is 6.38. The van der Waals surface area contributed by atoms with Crippen LogP contribution in [-0.2, 0) is 14.3 Å². The summed E-state index contributed by atoms with van der Waals surface area (Å²) in [6, 6.07) is 0. The molecule has 3 aliphatic rings. The summed E-state index contributed by atoms with van der Waals surface area (Å²) in [5.41, 5.74) is 0.201. The molecule has 0 aromatic carbocycles. The second-order valence-electron chi connectivity index (χ2n) is 8.39. The molecular weight excluding hydrogens is 316 g/mol. The van der Waals surface area contributed by atoms with Crippen LogP contribution in [0.5, 0.6) is 0 Å². The number of amides is 1. The Morgan fingerprint density at radius 3 is 2.60 bits per heavy atom. The van der Waals surface area contributed by atoms with Gasteiger partial charge in [0, 0.05) is 31.5 Å². The normalized spacial score (nSPS) is 28.4. The molecule has 1 spiro atoms. The molecule has 1 amide bonds. The van der Waals surface area contributed by atoms with E-state index in [-0.39, 0.29) is 11.4 Å². The van der Waals surface area contributed by atoms with Crippen LogP contribution in [0.25, 0.3) is 0 Å². The van der Waals surface area contributed by atoms with E-state index in [2.05, 4.69) is 9.80 Å². The van der Waals surface area contributed by atoms with Gasteiger partial charge in [-0.25, -0.2) is 0 Å². The molecule has 142 valence electrons. The van der Waals surface area contributed by atoms with Crippen molar-refractivity contribution in [1.29, 1.82) is 0 Å². The zero-order valence-electron chi connectivity index (χ0n) is 15.8. The zero-order valence-corrected chi connectivity index (χ0v) is 15.8. The summed E-state index contributed by atoms with van der Waals surface area (Å²) in [5, 5.41) is 0. The molecule has 0 radical (unpaired) electrons. The number of ether oxygens (including phenoxy) is 1. The molecular formula is C20H34N2O3. The SMILES string of the molecule is CCOC(=O)CN1CCC2(CCCN(C(=O)CC3CCCCC3)C2)C1. The van der Waals surface area contributed by atoms with Crippen LogP contribution >= 0.6 is 0 Å². The second-order valence-corrected chi connectivity index (χ2v) is 8.39. The molecule has 3 fully saturated rings. The monoisotopic (exact) mass is 350 g/mol. The van der Waals surface area contributed by atoms with Gasteiger partial charge >= 0.3 is 5.97 Å². The van der Waals surface area contributed by atoms with Crippen molar-refractivity contribution in [3.8, 4) is 0 Å². The number of esters is 1. The largest absolute Gasteiger partial charge is 0.465 e. The van der Waals surface area contributed by atoms with Crippen molar-refractivity contribution in [2.24, 2.45) is 11.3 Å². The highest BCUT2D eigenvalue weighted by Crippen LogP contribution is 2.39. The van der Waals surface area contributed by atoms with E-state index in [0.717, 1.165) is 45.4 Å². The summed E-state index contributed by atoms with van der Waals surface area (Å²) in [5.74, 6) is 0.860. The lowest BCUT2D eigenvalue weighted by atomic mass is 9.78. The summed E-state index contributed by atoms with van der Waals surface area (Å²) < 4.78 is 5.08. The van der Waals surface area contributed by atoms with E-state index in [0.29, 0.717) is 25.0 Å². The lowest BCUT2D eigenvalue weighted by molar-refractivity contribution is -0.144. The molecule has 2 heterocycles. The number of rotatable bonds is 5. The minimum Gasteiger partial charge on any atom is -0.465 e. The Morgan fingerprint density at radius 1 is 1.04 bits per heavy atom. The second kappa shape index (κ2) is 8.52. The fourth-order valence-electron chi connectivity index (χ4n) is 5.07. The van der Waals surface area contributed by atoms with Crippen LogP contribution < -0.4 is 0 Å². The molecule has 1 atom stereocenters. The molecule has 2 saturated heterocycles. The fourth-order valence-corrected chi connectivity index (χ4v) is 5.07. The minimum atomic E-state index is -0.124. The van der Waals surface area contributed by atoms with E-state index in [4.69, 9.17) is 4.74 Å². The first-order valence-electron chi connectivity index (χ1n) is 10.3. The van der Waals surface area contributed by atoms with Gasteiger partial charge in [0.2, 0.25) is 5.91 Å². The topological polar surface area (TPSA) is 49.9 Å². The molecule has 5 nitrogen and oxygen atoms in total. The molecule has 2 aliphatic heterocycles. The van der Waals surface area contributed by atoms with Gasteiger partial charge in [0.25, 0.3) is 0 Å². The number of hydrogen-bond acceptors (Lipinski definition) is 4. The minimum absolute atomic E-state index is 0.124. The quantitative estimate of drug-likeness (QED) is 0.716. The maximum Gasteiger partial charge on any atom is 0.320 e. The van der Waals surface area contributed by atoms with E-state index in [9.17, 15) is 9.59 Å². The smallest absolute Gasteiger partial charge is 0.320 e. The predicted molar refractivity (Wildman–Crippen MR) is 97.1 cm³/mol. The van der Waals surface area contributed by atoms with E-state index in [1.807, 2.05) is 6.92 Å². The molecule has 0 N–H and O–H groups in total. The highest BCUT2D eigenvalue weighted by atomic mass is 16.5.